The quantitative estimate of drug-likeness (QED) is 0.275. The number of aliphatic imine (C=N–C) groups is 1. The summed E-state index contributed by atoms with van der Waals surface area (Å²) in [4.78, 5) is 9.15. The molecule has 0 aliphatic heterocycles. The molecule has 1 aliphatic carbocycles. The standard InChI is InChI=1S/C21H30ClN5O2.HI/c1-3-23-20(25-14-21(2)12-5-4-6-17(21)28)24-13-11-18-26-19(27-29-18)15-7-9-16(22)10-8-15;/h7-10,17,28H,3-6,11-14H2,1-2H3,(H2,23,24,25);1H. The lowest BCUT2D eigenvalue weighted by atomic mass is 9.73. The van der Waals surface area contributed by atoms with Crippen molar-refractivity contribution in [1.29, 1.82) is 0 Å². The fraction of sp³-hybridized carbons (Fsp3) is 0.571. The monoisotopic (exact) mass is 547 g/mol. The summed E-state index contributed by atoms with van der Waals surface area (Å²) in [5, 5.41) is 21.6. The molecule has 1 aromatic carbocycles. The number of benzene rings is 1. The molecule has 0 amide bonds. The van der Waals surface area contributed by atoms with Gasteiger partial charge in [-0.25, -0.2) is 0 Å². The zero-order chi connectivity index (χ0) is 20.7. The predicted molar refractivity (Wildman–Crippen MR) is 130 cm³/mol. The number of hydrogen-bond donors (Lipinski definition) is 3. The van der Waals surface area contributed by atoms with E-state index in [-0.39, 0.29) is 35.5 Å². The van der Waals surface area contributed by atoms with E-state index in [4.69, 9.17) is 21.1 Å². The lowest BCUT2D eigenvalue weighted by Gasteiger charge is -2.37. The Balaban J connectivity index is 0.00000320. The largest absolute Gasteiger partial charge is 0.392 e. The average molecular weight is 548 g/mol. The van der Waals surface area contributed by atoms with E-state index in [1.54, 1.807) is 12.1 Å². The maximum Gasteiger partial charge on any atom is 0.228 e. The van der Waals surface area contributed by atoms with Gasteiger partial charge in [0.2, 0.25) is 11.7 Å². The summed E-state index contributed by atoms with van der Waals surface area (Å²) in [6, 6.07) is 7.34. The molecule has 2 atom stereocenters. The van der Waals surface area contributed by atoms with Crippen molar-refractivity contribution in [2.45, 2.75) is 52.1 Å². The number of aromatic nitrogens is 2. The zero-order valence-corrected chi connectivity index (χ0v) is 20.6. The van der Waals surface area contributed by atoms with Gasteiger partial charge in [0.15, 0.2) is 5.96 Å². The topological polar surface area (TPSA) is 95.6 Å². The van der Waals surface area contributed by atoms with Crippen molar-refractivity contribution in [3.63, 3.8) is 0 Å². The van der Waals surface area contributed by atoms with Gasteiger partial charge in [0.1, 0.15) is 0 Å². The van der Waals surface area contributed by atoms with Crippen LogP contribution in [0.25, 0.3) is 11.4 Å². The van der Waals surface area contributed by atoms with Crippen LogP contribution in [0.15, 0.2) is 33.8 Å². The number of halogens is 2. The Labute approximate surface area is 200 Å². The molecule has 3 rings (SSSR count). The summed E-state index contributed by atoms with van der Waals surface area (Å²) in [5.74, 6) is 1.85. The second-order valence-electron chi connectivity index (χ2n) is 7.81. The first-order chi connectivity index (χ1) is 14.0. The van der Waals surface area contributed by atoms with Crippen molar-refractivity contribution in [2.24, 2.45) is 10.4 Å². The highest BCUT2D eigenvalue weighted by molar-refractivity contribution is 14.0. The first-order valence-corrected chi connectivity index (χ1v) is 10.7. The summed E-state index contributed by atoms with van der Waals surface area (Å²) < 4.78 is 5.35. The smallest absolute Gasteiger partial charge is 0.228 e. The summed E-state index contributed by atoms with van der Waals surface area (Å²) in [6.07, 6.45) is 4.43. The molecule has 0 bridgehead atoms. The third-order valence-electron chi connectivity index (χ3n) is 5.42. The van der Waals surface area contributed by atoms with E-state index in [0.717, 1.165) is 43.8 Å². The third-order valence-corrected chi connectivity index (χ3v) is 5.68. The Morgan fingerprint density at radius 1 is 1.30 bits per heavy atom. The van der Waals surface area contributed by atoms with Gasteiger partial charge < -0.3 is 20.3 Å². The summed E-state index contributed by atoms with van der Waals surface area (Å²) >= 11 is 5.92. The van der Waals surface area contributed by atoms with E-state index < -0.39 is 0 Å². The van der Waals surface area contributed by atoms with Crippen molar-refractivity contribution < 1.29 is 9.63 Å². The molecule has 166 valence electrons. The Morgan fingerprint density at radius 3 is 2.77 bits per heavy atom. The molecule has 0 radical (unpaired) electrons. The number of aliphatic hydroxyl groups is 1. The minimum Gasteiger partial charge on any atom is -0.392 e. The SMILES string of the molecule is CCNC(=NCC1(C)CCCCC1O)NCCc1nc(-c2ccc(Cl)cc2)no1.I. The average Bonchev–Trinajstić information content (AvgIpc) is 3.18. The molecule has 1 fully saturated rings. The molecule has 1 saturated carbocycles. The van der Waals surface area contributed by atoms with E-state index >= 15 is 0 Å². The first-order valence-electron chi connectivity index (χ1n) is 10.3. The van der Waals surface area contributed by atoms with Crippen LogP contribution >= 0.6 is 35.6 Å². The summed E-state index contributed by atoms with van der Waals surface area (Å²) in [6.45, 7) is 6.15. The lowest BCUT2D eigenvalue weighted by molar-refractivity contribution is 0.00716. The highest BCUT2D eigenvalue weighted by atomic mass is 127. The predicted octanol–water partition coefficient (Wildman–Crippen LogP) is 4.05. The molecule has 2 aromatic rings. The lowest BCUT2D eigenvalue weighted by Crippen LogP contribution is -2.42. The Bertz CT molecular complexity index is 814. The fourth-order valence-electron chi connectivity index (χ4n) is 3.53. The van der Waals surface area contributed by atoms with E-state index in [1.807, 2.05) is 19.1 Å². The van der Waals surface area contributed by atoms with Gasteiger partial charge in [0, 0.05) is 35.5 Å². The van der Waals surface area contributed by atoms with E-state index in [2.05, 4.69) is 27.7 Å². The minimum atomic E-state index is -0.285. The Hall–Kier alpha value is -1.39. The van der Waals surface area contributed by atoms with Gasteiger partial charge in [-0.15, -0.1) is 24.0 Å². The van der Waals surface area contributed by atoms with Crippen LogP contribution in [-0.2, 0) is 6.42 Å². The van der Waals surface area contributed by atoms with Crippen LogP contribution in [0.1, 0.15) is 45.4 Å². The number of nitrogens with one attached hydrogen (secondary N) is 2. The van der Waals surface area contributed by atoms with Gasteiger partial charge in [0.05, 0.1) is 12.6 Å². The fourth-order valence-corrected chi connectivity index (χ4v) is 3.65. The van der Waals surface area contributed by atoms with Crippen LogP contribution in [0.2, 0.25) is 5.02 Å². The zero-order valence-electron chi connectivity index (χ0n) is 17.5. The Morgan fingerprint density at radius 2 is 2.07 bits per heavy atom. The molecule has 1 aliphatic rings. The van der Waals surface area contributed by atoms with Crippen LogP contribution in [0, 0.1) is 5.41 Å². The van der Waals surface area contributed by atoms with E-state index in [1.165, 1.54) is 0 Å². The number of guanidine groups is 1. The van der Waals surface area contributed by atoms with Crippen molar-refractivity contribution in [3.05, 3.63) is 35.2 Å². The van der Waals surface area contributed by atoms with E-state index in [9.17, 15) is 5.11 Å². The molecule has 0 saturated heterocycles. The van der Waals surface area contributed by atoms with Crippen LogP contribution in [0.5, 0.6) is 0 Å². The molecule has 2 unspecified atom stereocenters. The molecule has 1 heterocycles. The Kier molecular flexibility index (Phi) is 9.83. The summed E-state index contributed by atoms with van der Waals surface area (Å²) in [7, 11) is 0. The number of rotatable bonds is 7. The molecule has 30 heavy (non-hydrogen) atoms. The van der Waals surface area contributed by atoms with Crippen molar-refractivity contribution in [2.75, 3.05) is 19.6 Å². The van der Waals surface area contributed by atoms with Crippen LogP contribution in [0.3, 0.4) is 0 Å². The molecule has 0 spiro atoms. The number of aliphatic hydroxyl groups excluding tert-OH is 1. The molecule has 7 nitrogen and oxygen atoms in total. The highest BCUT2D eigenvalue weighted by Crippen LogP contribution is 2.36. The van der Waals surface area contributed by atoms with Gasteiger partial charge in [0.25, 0.3) is 0 Å². The number of hydrogen-bond acceptors (Lipinski definition) is 5. The molecule has 9 heteroatoms. The van der Waals surface area contributed by atoms with Crippen LogP contribution in [0.4, 0.5) is 0 Å². The van der Waals surface area contributed by atoms with Gasteiger partial charge in [-0.2, -0.15) is 4.98 Å². The van der Waals surface area contributed by atoms with Gasteiger partial charge >= 0.3 is 0 Å². The van der Waals surface area contributed by atoms with Crippen LogP contribution in [-0.4, -0.2) is 46.9 Å². The summed E-state index contributed by atoms with van der Waals surface area (Å²) in [5.41, 5.74) is 0.715. The molecular weight excluding hydrogens is 517 g/mol. The highest BCUT2D eigenvalue weighted by Gasteiger charge is 2.35. The normalized spacial score (nSPS) is 21.7. The number of nitrogens with zero attached hydrogens (tertiary/aromatic N) is 3. The maximum atomic E-state index is 10.4. The molecular formula is C21H31ClIN5O2. The van der Waals surface area contributed by atoms with E-state index in [0.29, 0.717) is 36.2 Å². The second-order valence-corrected chi connectivity index (χ2v) is 8.24. The maximum absolute atomic E-state index is 10.4. The van der Waals surface area contributed by atoms with Crippen LogP contribution < -0.4 is 10.6 Å². The molecule has 1 aromatic heterocycles. The van der Waals surface area contributed by atoms with Gasteiger partial charge in [-0.05, 0) is 44.0 Å². The van der Waals surface area contributed by atoms with Crippen molar-refractivity contribution in [3.8, 4) is 11.4 Å². The van der Waals surface area contributed by atoms with Gasteiger partial charge in [-0.1, -0.05) is 36.5 Å². The molecule has 3 N–H and O–H groups in total. The second kappa shape index (κ2) is 11.9. The first kappa shape index (κ1) is 24.9. The third kappa shape index (κ3) is 6.81. The minimum absolute atomic E-state index is 0. The van der Waals surface area contributed by atoms with Crippen molar-refractivity contribution in [1.82, 2.24) is 20.8 Å². The van der Waals surface area contributed by atoms with Gasteiger partial charge in [-0.3, -0.25) is 4.99 Å². The van der Waals surface area contributed by atoms with Crippen molar-refractivity contribution >= 4 is 41.5 Å².